The Bertz CT molecular complexity index is 1010. The molecule has 0 bridgehead atoms. The van der Waals surface area contributed by atoms with Gasteiger partial charge in [0.05, 0.1) is 13.2 Å². The highest BCUT2D eigenvalue weighted by Crippen LogP contribution is 2.15. The molecule has 0 radical (unpaired) electrons. The molecule has 0 fully saturated rings. The molecule has 0 amide bonds. The van der Waals surface area contributed by atoms with Gasteiger partial charge in [-0.1, -0.05) is 236 Å². The zero-order valence-corrected chi connectivity index (χ0v) is 38.6. The number of esters is 2. The summed E-state index contributed by atoms with van der Waals surface area (Å²) in [6.45, 7) is 7.52. The normalized spacial score (nSPS) is 12.7. The Kier molecular flexibility index (Phi) is 46.9. The van der Waals surface area contributed by atoms with E-state index in [0.29, 0.717) is 19.4 Å². The lowest BCUT2D eigenvalue weighted by molar-refractivity contribution is -0.162. The summed E-state index contributed by atoms with van der Waals surface area (Å²) in [5.41, 5.74) is 0. The number of ether oxygens (including phenoxy) is 3. The zero-order chi connectivity index (χ0) is 42.1. The van der Waals surface area contributed by atoms with Gasteiger partial charge in [-0.25, -0.2) is 0 Å². The predicted molar refractivity (Wildman–Crippen MR) is 251 cm³/mol. The van der Waals surface area contributed by atoms with Crippen molar-refractivity contribution in [3.05, 3.63) is 60.8 Å². The number of carbonyl (C=O) groups excluding carboxylic acids is 2. The first-order chi connectivity index (χ1) is 28.6. The SMILES string of the molecule is CC/C=C\C/C=C\C/C=C\C/C=C\C/C=C\CCOCC(COC(=O)CCCCCCCCCCCCCCCCC)OC(=O)CCCCCCCCCCCCC. The van der Waals surface area contributed by atoms with Crippen molar-refractivity contribution in [1.29, 1.82) is 0 Å². The summed E-state index contributed by atoms with van der Waals surface area (Å²) in [6.07, 6.45) is 61.0. The molecule has 0 aromatic heterocycles. The van der Waals surface area contributed by atoms with E-state index in [2.05, 4.69) is 81.5 Å². The van der Waals surface area contributed by atoms with E-state index in [1.165, 1.54) is 141 Å². The molecule has 336 valence electrons. The Balaban J connectivity index is 4.33. The van der Waals surface area contributed by atoms with Gasteiger partial charge in [-0.3, -0.25) is 9.59 Å². The van der Waals surface area contributed by atoms with Gasteiger partial charge in [0.25, 0.3) is 0 Å². The predicted octanol–water partition coefficient (Wildman–Crippen LogP) is 16.6. The van der Waals surface area contributed by atoms with Crippen molar-refractivity contribution < 1.29 is 23.8 Å². The lowest BCUT2D eigenvalue weighted by Gasteiger charge is -2.18. The highest BCUT2D eigenvalue weighted by atomic mass is 16.6. The van der Waals surface area contributed by atoms with E-state index < -0.39 is 6.10 Å². The van der Waals surface area contributed by atoms with Crippen LogP contribution in [-0.2, 0) is 23.8 Å². The maximum atomic E-state index is 12.7. The second kappa shape index (κ2) is 49.0. The second-order valence-corrected chi connectivity index (χ2v) is 16.4. The highest BCUT2D eigenvalue weighted by molar-refractivity contribution is 5.70. The minimum absolute atomic E-state index is 0.0588. The van der Waals surface area contributed by atoms with Gasteiger partial charge in [0.2, 0.25) is 0 Å². The summed E-state index contributed by atoms with van der Waals surface area (Å²) in [4.78, 5) is 25.3. The van der Waals surface area contributed by atoms with Crippen LogP contribution in [0.1, 0.15) is 239 Å². The first kappa shape index (κ1) is 55.6. The molecule has 1 unspecified atom stereocenters. The van der Waals surface area contributed by atoms with Crippen molar-refractivity contribution in [3.8, 4) is 0 Å². The molecule has 0 rings (SSSR count). The molecule has 0 aliphatic rings. The van der Waals surface area contributed by atoms with Gasteiger partial charge >= 0.3 is 11.9 Å². The van der Waals surface area contributed by atoms with Crippen molar-refractivity contribution in [2.75, 3.05) is 19.8 Å². The third kappa shape index (κ3) is 46.3. The highest BCUT2D eigenvalue weighted by Gasteiger charge is 2.17. The Labute approximate surface area is 360 Å². The van der Waals surface area contributed by atoms with Crippen LogP contribution in [0.15, 0.2) is 60.8 Å². The van der Waals surface area contributed by atoms with Crippen molar-refractivity contribution in [2.45, 2.75) is 245 Å². The average molecular weight is 811 g/mol. The molecule has 0 aliphatic carbocycles. The van der Waals surface area contributed by atoms with Gasteiger partial charge in [0.15, 0.2) is 6.10 Å². The number of hydrogen-bond acceptors (Lipinski definition) is 5. The third-order valence-corrected chi connectivity index (χ3v) is 10.6. The quantitative estimate of drug-likeness (QED) is 0.0348. The van der Waals surface area contributed by atoms with Crippen LogP contribution < -0.4 is 0 Å². The van der Waals surface area contributed by atoms with E-state index in [4.69, 9.17) is 14.2 Å². The van der Waals surface area contributed by atoms with Crippen LogP contribution in [0.2, 0.25) is 0 Å². The van der Waals surface area contributed by atoms with E-state index in [0.717, 1.165) is 64.2 Å². The molecule has 0 N–H and O–H groups in total. The minimum atomic E-state index is -0.571. The fraction of sp³-hybridized carbons (Fsp3) is 0.774. The van der Waals surface area contributed by atoms with Gasteiger partial charge in [-0.15, -0.1) is 0 Å². The van der Waals surface area contributed by atoms with Crippen LogP contribution in [-0.4, -0.2) is 37.9 Å². The Hall–Kier alpha value is -2.40. The van der Waals surface area contributed by atoms with Gasteiger partial charge in [0.1, 0.15) is 6.61 Å². The molecular formula is C53H94O5. The summed E-state index contributed by atoms with van der Waals surface area (Å²) in [6, 6.07) is 0. The molecule has 58 heavy (non-hydrogen) atoms. The maximum Gasteiger partial charge on any atom is 0.306 e. The maximum absolute atomic E-state index is 12.7. The Morgan fingerprint density at radius 3 is 1.14 bits per heavy atom. The topological polar surface area (TPSA) is 61.8 Å². The summed E-state index contributed by atoms with van der Waals surface area (Å²) in [7, 11) is 0. The molecule has 1 atom stereocenters. The third-order valence-electron chi connectivity index (χ3n) is 10.6. The van der Waals surface area contributed by atoms with Gasteiger partial charge in [-0.05, 0) is 51.4 Å². The molecule has 0 saturated heterocycles. The van der Waals surface area contributed by atoms with Gasteiger partial charge in [0, 0.05) is 12.8 Å². The summed E-state index contributed by atoms with van der Waals surface area (Å²) >= 11 is 0. The van der Waals surface area contributed by atoms with Gasteiger partial charge < -0.3 is 14.2 Å². The Morgan fingerprint density at radius 1 is 0.397 bits per heavy atom. The van der Waals surface area contributed by atoms with E-state index in [9.17, 15) is 9.59 Å². The molecule has 0 aliphatic heterocycles. The van der Waals surface area contributed by atoms with Crippen molar-refractivity contribution in [1.82, 2.24) is 0 Å². The van der Waals surface area contributed by atoms with Crippen molar-refractivity contribution >= 4 is 11.9 Å². The molecule has 5 heteroatoms. The molecule has 5 nitrogen and oxygen atoms in total. The molecule has 0 spiro atoms. The zero-order valence-electron chi connectivity index (χ0n) is 38.6. The Morgan fingerprint density at radius 2 is 0.741 bits per heavy atom. The van der Waals surface area contributed by atoms with E-state index in [-0.39, 0.29) is 25.2 Å². The minimum Gasteiger partial charge on any atom is -0.462 e. The number of unbranched alkanes of at least 4 members (excludes halogenated alkanes) is 24. The van der Waals surface area contributed by atoms with E-state index in [1.54, 1.807) is 0 Å². The second-order valence-electron chi connectivity index (χ2n) is 16.4. The van der Waals surface area contributed by atoms with Crippen LogP contribution >= 0.6 is 0 Å². The lowest BCUT2D eigenvalue weighted by Crippen LogP contribution is -2.30. The van der Waals surface area contributed by atoms with Crippen molar-refractivity contribution in [2.24, 2.45) is 0 Å². The molecule has 0 saturated carbocycles. The molecule has 0 heterocycles. The number of rotatable bonds is 45. The summed E-state index contributed by atoms with van der Waals surface area (Å²) in [5.74, 6) is -0.430. The first-order valence-electron chi connectivity index (χ1n) is 24.8. The first-order valence-corrected chi connectivity index (χ1v) is 24.8. The number of allylic oxidation sites excluding steroid dienone is 9. The monoisotopic (exact) mass is 811 g/mol. The van der Waals surface area contributed by atoms with Crippen LogP contribution in [0.25, 0.3) is 0 Å². The van der Waals surface area contributed by atoms with Crippen LogP contribution in [0, 0.1) is 0 Å². The van der Waals surface area contributed by atoms with Crippen molar-refractivity contribution in [3.63, 3.8) is 0 Å². The molecular weight excluding hydrogens is 717 g/mol. The fourth-order valence-corrected chi connectivity index (χ4v) is 6.93. The summed E-state index contributed by atoms with van der Waals surface area (Å²) in [5, 5.41) is 0. The van der Waals surface area contributed by atoms with E-state index >= 15 is 0 Å². The van der Waals surface area contributed by atoms with E-state index in [1.807, 2.05) is 0 Å². The number of carbonyl (C=O) groups is 2. The van der Waals surface area contributed by atoms with Crippen LogP contribution in [0.4, 0.5) is 0 Å². The van der Waals surface area contributed by atoms with Crippen LogP contribution in [0.3, 0.4) is 0 Å². The van der Waals surface area contributed by atoms with Crippen LogP contribution in [0.5, 0.6) is 0 Å². The smallest absolute Gasteiger partial charge is 0.306 e. The van der Waals surface area contributed by atoms with Gasteiger partial charge in [-0.2, -0.15) is 0 Å². The molecule has 0 aromatic carbocycles. The fourth-order valence-electron chi connectivity index (χ4n) is 6.93. The molecule has 0 aromatic rings. The largest absolute Gasteiger partial charge is 0.462 e. The average Bonchev–Trinajstić information content (AvgIpc) is 3.22. The standard InChI is InChI=1S/C53H94O5/c1-4-7-10-13-16-19-22-24-26-28-30-33-36-39-42-45-48-56-49-51(58-53(55)47-44-41-38-35-31-21-18-15-12-9-6-3)50-57-52(54)46-43-40-37-34-32-29-27-25-23-20-17-14-11-8-5-2/h7,10,16,19,24,26,30,33,39,42,51H,4-6,8-9,11-15,17-18,20-23,25,27-29,31-32,34-38,40-41,43-50H2,1-3H3/b10-7-,19-16-,26-24-,33-30-,42-39-. The summed E-state index contributed by atoms with van der Waals surface area (Å²) < 4.78 is 17.3. The lowest BCUT2D eigenvalue weighted by atomic mass is 10.0. The number of hydrogen-bond donors (Lipinski definition) is 0.